The normalized spacial score (nSPS) is 16.1. The number of anilines is 2. The predicted molar refractivity (Wildman–Crippen MR) is 158 cm³/mol. The summed E-state index contributed by atoms with van der Waals surface area (Å²) in [4.78, 5) is 4.42. The lowest BCUT2D eigenvalue weighted by Crippen LogP contribution is -2.21. The van der Waals surface area contributed by atoms with E-state index >= 15 is 0 Å². The Morgan fingerprint density at radius 2 is 1.91 bits per heavy atom. The molecule has 1 aliphatic rings. The number of hydrogen-bond acceptors (Lipinski definition) is 8. The first-order valence-electron chi connectivity index (χ1n) is 13.6. The highest BCUT2D eigenvalue weighted by Crippen LogP contribution is 2.40. The monoisotopic (exact) mass is 627 g/mol. The number of nitrogens with one attached hydrogen (secondary N) is 1. The predicted octanol–water partition coefficient (Wildman–Crippen LogP) is 5.29. The maximum absolute atomic E-state index is 13.5. The number of benzene rings is 2. The van der Waals surface area contributed by atoms with Gasteiger partial charge in [0, 0.05) is 42.7 Å². The van der Waals surface area contributed by atoms with Gasteiger partial charge in [-0.15, -0.1) is 0 Å². The molecular formula is C29H28F3N7O4S. The van der Waals surface area contributed by atoms with Gasteiger partial charge in [-0.05, 0) is 43.2 Å². The Morgan fingerprint density at radius 3 is 2.61 bits per heavy atom. The zero-order valence-corrected chi connectivity index (χ0v) is 24.4. The van der Waals surface area contributed by atoms with Crippen LogP contribution in [0.4, 0.5) is 24.7 Å². The van der Waals surface area contributed by atoms with E-state index in [1.165, 1.54) is 42.5 Å². The Kier molecular flexibility index (Phi) is 7.67. The molecule has 15 heteroatoms. The van der Waals surface area contributed by atoms with Gasteiger partial charge < -0.3 is 15.2 Å². The van der Waals surface area contributed by atoms with E-state index in [-0.39, 0.29) is 23.3 Å². The van der Waals surface area contributed by atoms with Crippen LogP contribution in [0.25, 0.3) is 33.3 Å². The smallest absolute Gasteiger partial charge is 0.355 e. The SMILES string of the molecule is C[C@H](Oc1cc(-c2nn(C)c3c(-c4cnn(C5CCOC5)c4)cnc(N)c23)ccc1NS(=O)(=O)C(F)F)c1ccc(F)cc1. The number of pyridine rings is 1. The molecule has 1 unspecified atom stereocenters. The molecule has 1 saturated heterocycles. The molecule has 3 aromatic heterocycles. The first-order valence-corrected chi connectivity index (χ1v) is 15.2. The van der Waals surface area contributed by atoms with Crippen molar-refractivity contribution in [3.05, 3.63) is 72.4 Å². The number of fused-ring (bicyclic) bond motifs is 1. The second-order valence-corrected chi connectivity index (χ2v) is 12.1. The van der Waals surface area contributed by atoms with Crippen LogP contribution in [0, 0.1) is 5.82 Å². The van der Waals surface area contributed by atoms with Crippen molar-refractivity contribution < 1.29 is 31.1 Å². The minimum atomic E-state index is -5.01. The fourth-order valence-corrected chi connectivity index (χ4v) is 5.76. The van der Waals surface area contributed by atoms with E-state index in [2.05, 4.69) is 10.1 Å². The van der Waals surface area contributed by atoms with E-state index in [1.54, 1.807) is 31.0 Å². The molecule has 4 heterocycles. The van der Waals surface area contributed by atoms with Gasteiger partial charge in [0.1, 0.15) is 29.2 Å². The fourth-order valence-electron chi connectivity index (χ4n) is 5.20. The summed E-state index contributed by atoms with van der Waals surface area (Å²) in [5.41, 5.74) is 9.83. The van der Waals surface area contributed by atoms with Crippen molar-refractivity contribution in [2.45, 2.75) is 31.2 Å². The second kappa shape index (κ2) is 11.5. The third-order valence-corrected chi connectivity index (χ3v) is 8.44. The number of alkyl halides is 2. The molecule has 2 atom stereocenters. The van der Waals surface area contributed by atoms with Crippen molar-refractivity contribution >= 4 is 32.4 Å². The zero-order chi connectivity index (χ0) is 31.2. The highest BCUT2D eigenvalue weighted by molar-refractivity contribution is 7.93. The van der Waals surface area contributed by atoms with Gasteiger partial charge in [-0.2, -0.15) is 19.0 Å². The number of hydrogen-bond donors (Lipinski definition) is 2. The number of nitrogen functional groups attached to an aromatic ring is 1. The highest BCUT2D eigenvalue weighted by atomic mass is 32.2. The van der Waals surface area contributed by atoms with Crippen molar-refractivity contribution in [2.75, 3.05) is 23.7 Å². The summed E-state index contributed by atoms with van der Waals surface area (Å²) < 4.78 is 81.1. The Balaban J connectivity index is 1.44. The molecule has 0 spiro atoms. The van der Waals surface area contributed by atoms with Crippen LogP contribution < -0.4 is 15.2 Å². The van der Waals surface area contributed by atoms with Crippen LogP contribution in [-0.2, 0) is 21.8 Å². The highest BCUT2D eigenvalue weighted by Gasteiger charge is 2.27. The van der Waals surface area contributed by atoms with E-state index in [1.807, 2.05) is 15.6 Å². The summed E-state index contributed by atoms with van der Waals surface area (Å²) >= 11 is 0. The van der Waals surface area contributed by atoms with E-state index in [4.69, 9.17) is 20.3 Å². The molecule has 0 bridgehead atoms. The molecule has 2 aromatic carbocycles. The van der Waals surface area contributed by atoms with Crippen LogP contribution >= 0.6 is 0 Å². The molecule has 1 aliphatic heterocycles. The number of rotatable bonds is 9. The van der Waals surface area contributed by atoms with Gasteiger partial charge in [0.15, 0.2) is 0 Å². The molecular weight excluding hydrogens is 599 g/mol. The number of aromatic nitrogens is 5. The van der Waals surface area contributed by atoms with E-state index in [9.17, 15) is 21.6 Å². The average Bonchev–Trinajstić information content (AvgIpc) is 3.75. The lowest BCUT2D eigenvalue weighted by Gasteiger charge is -2.19. The molecule has 6 rings (SSSR count). The molecule has 1 fully saturated rings. The van der Waals surface area contributed by atoms with Gasteiger partial charge in [-0.1, -0.05) is 18.2 Å². The van der Waals surface area contributed by atoms with Crippen molar-refractivity contribution in [3.8, 4) is 28.1 Å². The summed E-state index contributed by atoms with van der Waals surface area (Å²) in [6, 6.07) is 9.97. The van der Waals surface area contributed by atoms with Crippen LogP contribution in [0.5, 0.6) is 5.75 Å². The van der Waals surface area contributed by atoms with Crippen LogP contribution in [0.1, 0.15) is 31.1 Å². The third-order valence-electron chi connectivity index (χ3n) is 7.47. The third kappa shape index (κ3) is 5.55. The van der Waals surface area contributed by atoms with E-state index in [0.29, 0.717) is 40.9 Å². The maximum Gasteiger partial charge on any atom is 0.355 e. The van der Waals surface area contributed by atoms with Crippen LogP contribution in [-0.4, -0.2) is 51.9 Å². The van der Waals surface area contributed by atoms with Crippen molar-refractivity contribution in [2.24, 2.45) is 7.05 Å². The lowest BCUT2D eigenvalue weighted by atomic mass is 10.0. The molecule has 0 amide bonds. The number of halogens is 3. The van der Waals surface area contributed by atoms with Crippen LogP contribution in [0.15, 0.2) is 61.1 Å². The fraction of sp³-hybridized carbons (Fsp3) is 0.276. The maximum atomic E-state index is 13.5. The Labute approximate surface area is 250 Å². The second-order valence-electron chi connectivity index (χ2n) is 10.4. The molecule has 0 radical (unpaired) electrons. The number of sulfonamides is 1. The minimum Gasteiger partial charge on any atom is -0.484 e. The van der Waals surface area contributed by atoms with Crippen molar-refractivity contribution in [3.63, 3.8) is 0 Å². The molecule has 230 valence electrons. The molecule has 3 N–H and O–H groups in total. The molecule has 11 nitrogen and oxygen atoms in total. The van der Waals surface area contributed by atoms with Gasteiger partial charge in [0.25, 0.3) is 10.0 Å². The van der Waals surface area contributed by atoms with Gasteiger partial charge in [-0.3, -0.25) is 14.1 Å². The van der Waals surface area contributed by atoms with Gasteiger partial charge in [-0.25, -0.2) is 17.8 Å². The lowest BCUT2D eigenvalue weighted by molar-refractivity contribution is 0.184. The number of aryl methyl sites for hydroxylation is 1. The van der Waals surface area contributed by atoms with Crippen LogP contribution in [0.2, 0.25) is 0 Å². The number of nitrogens with zero attached hydrogens (tertiary/aromatic N) is 5. The standard InChI is InChI=1S/C29H28F3N7O4S/c1-16(17-3-6-20(30)7-4-17)43-24-11-18(5-8-23(24)37-44(40,41)29(31)32)26-25-27(38(2)36-26)22(13-34-28(25)33)19-12-35-39(14-19)21-9-10-42-15-21/h3-8,11-14,16,21,29,37H,9-10,15H2,1-2H3,(H2,33,34)/t16-,21?/m0/s1. The summed E-state index contributed by atoms with van der Waals surface area (Å²) in [7, 11) is -3.26. The molecule has 0 saturated carbocycles. The average molecular weight is 628 g/mol. The van der Waals surface area contributed by atoms with Gasteiger partial charge in [0.05, 0.1) is 35.4 Å². The topological polar surface area (TPSA) is 139 Å². The zero-order valence-electron chi connectivity index (χ0n) is 23.6. The largest absolute Gasteiger partial charge is 0.484 e. The summed E-state index contributed by atoms with van der Waals surface area (Å²) in [5.74, 6) is -3.96. The Hall–Kier alpha value is -4.63. The Bertz CT molecular complexity index is 1940. The quantitative estimate of drug-likeness (QED) is 0.225. The van der Waals surface area contributed by atoms with E-state index in [0.717, 1.165) is 17.5 Å². The van der Waals surface area contributed by atoms with Crippen LogP contribution in [0.3, 0.4) is 0 Å². The van der Waals surface area contributed by atoms with E-state index < -0.39 is 27.7 Å². The minimum absolute atomic E-state index is 0.0508. The Morgan fingerprint density at radius 1 is 1.14 bits per heavy atom. The molecule has 44 heavy (non-hydrogen) atoms. The molecule has 0 aliphatic carbocycles. The molecule has 5 aromatic rings. The van der Waals surface area contributed by atoms with Crippen molar-refractivity contribution in [1.82, 2.24) is 24.5 Å². The number of ether oxygens (including phenoxy) is 2. The first kappa shape index (κ1) is 29.4. The van der Waals surface area contributed by atoms with Gasteiger partial charge in [0.2, 0.25) is 0 Å². The van der Waals surface area contributed by atoms with Gasteiger partial charge >= 0.3 is 5.76 Å². The van der Waals surface area contributed by atoms with Crippen molar-refractivity contribution in [1.29, 1.82) is 0 Å². The summed E-state index contributed by atoms with van der Waals surface area (Å²) in [5, 5.41) is 9.75. The first-order chi connectivity index (χ1) is 21.0. The number of nitrogens with two attached hydrogens (primary N) is 1. The summed E-state index contributed by atoms with van der Waals surface area (Å²) in [6.07, 6.45) is 5.47. The summed E-state index contributed by atoms with van der Waals surface area (Å²) in [6.45, 7) is 2.92.